The molecule has 0 unspecified atom stereocenters. The van der Waals surface area contributed by atoms with Crippen LogP contribution in [0.2, 0.25) is 0 Å². The van der Waals surface area contributed by atoms with Gasteiger partial charge in [0.25, 0.3) is 5.91 Å². The second-order valence-electron chi connectivity index (χ2n) is 5.27. The fraction of sp³-hybridized carbons (Fsp3) is 0.643. The van der Waals surface area contributed by atoms with Crippen LogP contribution in [0, 0.1) is 0 Å². The predicted octanol–water partition coefficient (Wildman–Crippen LogP) is 2.66. The van der Waals surface area contributed by atoms with Crippen molar-refractivity contribution in [2.24, 2.45) is 5.73 Å². The van der Waals surface area contributed by atoms with E-state index in [2.05, 4.69) is 28.2 Å². The van der Waals surface area contributed by atoms with E-state index < -0.39 is 0 Å². The molecule has 106 valence electrons. The molecule has 2 atom stereocenters. The summed E-state index contributed by atoms with van der Waals surface area (Å²) >= 11 is 3.43. The molecule has 1 aromatic heterocycles. The summed E-state index contributed by atoms with van der Waals surface area (Å²) < 4.78 is 2.94. The van der Waals surface area contributed by atoms with E-state index in [0.717, 1.165) is 36.7 Å². The van der Waals surface area contributed by atoms with Crippen LogP contribution in [0.25, 0.3) is 0 Å². The molecule has 1 fully saturated rings. The van der Waals surface area contributed by atoms with Gasteiger partial charge in [0.2, 0.25) is 0 Å². The molecule has 1 amide bonds. The molecule has 0 saturated heterocycles. The maximum Gasteiger partial charge on any atom is 0.268 e. The topological polar surface area (TPSA) is 60.0 Å². The molecule has 0 aliphatic heterocycles. The zero-order valence-corrected chi connectivity index (χ0v) is 12.9. The van der Waals surface area contributed by atoms with E-state index in [0.29, 0.717) is 5.69 Å². The minimum Gasteiger partial charge on any atom is -0.346 e. The largest absolute Gasteiger partial charge is 0.346 e. The Morgan fingerprint density at radius 1 is 1.53 bits per heavy atom. The fourth-order valence-electron chi connectivity index (χ4n) is 2.67. The van der Waals surface area contributed by atoms with Crippen LogP contribution in [0.15, 0.2) is 16.7 Å². The Balaban J connectivity index is 2.06. The van der Waals surface area contributed by atoms with Crippen LogP contribution in [0.3, 0.4) is 0 Å². The van der Waals surface area contributed by atoms with Crippen molar-refractivity contribution in [3.63, 3.8) is 0 Å². The molecule has 0 spiro atoms. The molecule has 19 heavy (non-hydrogen) atoms. The molecule has 0 radical (unpaired) electrons. The van der Waals surface area contributed by atoms with Crippen molar-refractivity contribution in [2.75, 3.05) is 0 Å². The quantitative estimate of drug-likeness (QED) is 0.893. The zero-order valence-electron chi connectivity index (χ0n) is 11.4. The van der Waals surface area contributed by atoms with Crippen LogP contribution in [0.5, 0.6) is 0 Å². The first-order valence-electron chi connectivity index (χ1n) is 7.04. The summed E-state index contributed by atoms with van der Waals surface area (Å²) in [4.78, 5) is 12.4. The highest BCUT2D eigenvalue weighted by Gasteiger charge is 2.24. The first-order valence-corrected chi connectivity index (χ1v) is 7.83. The van der Waals surface area contributed by atoms with Crippen molar-refractivity contribution in [1.82, 2.24) is 9.88 Å². The standard InChI is InChI=1S/C14H22BrN3O/c1-2-7-18-9-10(15)8-13(18)14(19)17-12-6-4-3-5-11(12)16/h8-9,11-12H,2-7,16H2,1H3,(H,17,19)/t11-,12-/m1/s1. The molecule has 1 heterocycles. The Kier molecular flexibility index (Phi) is 5.05. The smallest absolute Gasteiger partial charge is 0.268 e. The molecule has 0 bridgehead atoms. The summed E-state index contributed by atoms with van der Waals surface area (Å²) in [5, 5.41) is 3.09. The van der Waals surface area contributed by atoms with Gasteiger partial charge in [0.1, 0.15) is 5.69 Å². The summed E-state index contributed by atoms with van der Waals surface area (Å²) in [6, 6.07) is 2.08. The molecule has 0 aromatic carbocycles. The molecule has 1 aliphatic rings. The van der Waals surface area contributed by atoms with Crippen LogP contribution < -0.4 is 11.1 Å². The molecule has 1 aromatic rings. The Bertz CT molecular complexity index is 444. The third-order valence-electron chi connectivity index (χ3n) is 3.70. The molecule has 4 nitrogen and oxygen atoms in total. The van der Waals surface area contributed by atoms with Crippen LogP contribution in [0.1, 0.15) is 49.5 Å². The van der Waals surface area contributed by atoms with Crippen molar-refractivity contribution in [3.05, 3.63) is 22.4 Å². The predicted molar refractivity (Wildman–Crippen MR) is 80.1 cm³/mol. The maximum absolute atomic E-state index is 12.4. The molecule has 1 aliphatic carbocycles. The molecule has 5 heteroatoms. The van der Waals surface area contributed by atoms with Gasteiger partial charge < -0.3 is 15.6 Å². The lowest BCUT2D eigenvalue weighted by atomic mass is 9.91. The number of nitrogens with zero attached hydrogens (tertiary/aromatic N) is 1. The van der Waals surface area contributed by atoms with Gasteiger partial charge in [0, 0.05) is 29.3 Å². The van der Waals surface area contributed by atoms with E-state index in [1.54, 1.807) is 0 Å². The molecular weight excluding hydrogens is 306 g/mol. The average molecular weight is 328 g/mol. The van der Waals surface area contributed by atoms with Gasteiger partial charge in [-0.3, -0.25) is 4.79 Å². The SMILES string of the molecule is CCCn1cc(Br)cc1C(=O)N[C@@H]1CCCC[C@H]1N. The van der Waals surface area contributed by atoms with E-state index in [9.17, 15) is 4.79 Å². The third-order valence-corrected chi connectivity index (χ3v) is 4.13. The van der Waals surface area contributed by atoms with E-state index >= 15 is 0 Å². The molecule has 1 saturated carbocycles. The van der Waals surface area contributed by atoms with E-state index in [4.69, 9.17) is 5.73 Å². The highest BCUT2D eigenvalue weighted by molar-refractivity contribution is 9.10. The lowest BCUT2D eigenvalue weighted by Crippen LogP contribution is -2.49. The lowest BCUT2D eigenvalue weighted by molar-refractivity contribution is 0.0911. The van der Waals surface area contributed by atoms with Gasteiger partial charge in [-0.1, -0.05) is 19.8 Å². The fourth-order valence-corrected chi connectivity index (χ4v) is 3.14. The van der Waals surface area contributed by atoms with Crippen molar-refractivity contribution in [1.29, 1.82) is 0 Å². The highest BCUT2D eigenvalue weighted by atomic mass is 79.9. The zero-order chi connectivity index (χ0) is 13.8. The van der Waals surface area contributed by atoms with Crippen molar-refractivity contribution in [2.45, 2.75) is 57.7 Å². The van der Waals surface area contributed by atoms with Crippen molar-refractivity contribution < 1.29 is 4.79 Å². The Hall–Kier alpha value is -0.810. The number of carbonyl (C=O) groups excluding carboxylic acids is 1. The van der Waals surface area contributed by atoms with E-state index in [1.807, 2.05) is 16.8 Å². The molecule has 2 rings (SSSR count). The second kappa shape index (κ2) is 6.57. The van der Waals surface area contributed by atoms with Gasteiger partial charge in [-0.05, 0) is 41.3 Å². The third kappa shape index (κ3) is 3.60. The number of nitrogens with one attached hydrogen (secondary N) is 1. The average Bonchev–Trinajstić information content (AvgIpc) is 2.74. The van der Waals surface area contributed by atoms with Gasteiger partial charge in [0.15, 0.2) is 0 Å². The number of carbonyl (C=O) groups is 1. The Morgan fingerprint density at radius 2 is 2.26 bits per heavy atom. The lowest BCUT2D eigenvalue weighted by Gasteiger charge is -2.29. The summed E-state index contributed by atoms with van der Waals surface area (Å²) in [5.74, 6) is -0.0125. The number of hydrogen-bond donors (Lipinski definition) is 2. The van der Waals surface area contributed by atoms with Crippen LogP contribution >= 0.6 is 15.9 Å². The van der Waals surface area contributed by atoms with Crippen LogP contribution in [-0.2, 0) is 6.54 Å². The first kappa shape index (κ1) is 14.6. The monoisotopic (exact) mass is 327 g/mol. The first-order chi connectivity index (χ1) is 9.11. The van der Waals surface area contributed by atoms with Gasteiger partial charge in [0.05, 0.1) is 0 Å². The minimum atomic E-state index is -0.0125. The summed E-state index contributed by atoms with van der Waals surface area (Å²) in [6.45, 7) is 2.96. The van der Waals surface area contributed by atoms with Gasteiger partial charge >= 0.3 is 0 Å². The number of rotatable bonds is 4. The van der Waals surface area contributed by atoms with E-state index in [-0.39, 0.29) is 18.0 Å². The van der Waals surface area contributed by atoms with E-state index in [1.165, 1.54) is 6.42 Å². The minimum absolute atomic E-state index is 0.0125. The van der Waals surface area contributed by atoms with Crippen LogP contribution in [0.4, 0.5) is 0 Å². The molecular formula is C14H22BrN3O. The van der Waals surface area contributed by atoms with Gasteiger partial charge in [-0.2, -0.15) is 0 Å². The number of aromatic nitrogens is 1. The number of halogens is 1. The number of amides is 1. The van der Waals surface area contributed by atoms with Gasteiger partial charge in [-0.15, -0.1) is 0 Å². The van der Waals surface area contributed by atoms with Gasteiger partial charge in [-0.25, -0.2) is 0 Å². The van der Waals surface area contributed by atoms with Crippen molar-refractivity contribution in [3.8, 4) is 0 Å². The Morgan fingerprint density at radius 3 is 2.95 bits per heavy atom. The van der Waals surface area contributed by atoms with Crippen molar-refractivity contribution >= 4 is 21.8 Å². The Labute approximate surface area is 122 Å². The number of hydrogen-bond acceptors (Lipinski definition) is 2. The number of aryl methyl sites for hydroxylation is 1. The second-order valence-corrected chi connectivity index (χ2v) is 6.18. The maximum atomic E-state index is 12.4. The normalized spacial score (nSPS) is 23.3. The molecule has 3 N–H and O–H groups in total. The summed E-state index contributed by atoms with van der Waals surface area (Å²) in [7, 11) is 0. The van der Waals surface area contributed by atoms with Crippen LogP contribution in [-0.4, -0.2) is 22.6 Å². The summed E-state index contributed by atoms with van der Waals surface area (Å²) in [6.07, 6.45) is 7.28. The number of nitrogens with two attached hydrogens (primary N) is 1. The highest BCUT2D eigenvalue weighted by Crippen LogP contribution is 2.19. The summed E-state index contributed by atoms with van der Waals surface area (Å²) in [5.41, 5.74) is 6.79.